The molecule has 7 N–H and O–H groups in total. The molecule has 4 atom stereocenters. The van der Waals surface area contributed by atoms with Crippen LogP contribution >= 0.6 is 12.6 Å². The van der Waals surface area contributed by atoms with E-state index in [0.29, 0.717) is 32.1 Å². The molecule has 0 bridgehead atoms. The molecule has 0 aliphatic carbocycles. The van der Waals surface area contributed by atoms with Gasteiger partial charge in [0.25, 0.3) is 0 Å². The molecule has 248 valence electrons. The van der Waals surface area contributed by atoms with Gasteiger partial charge in [0.2, 0.25) is 17.7 Å². The summed E-state index contributed by atoms with van der Waals surface area (Å²) < 4.78 is 0. The predicted octanol–water partition coefficient (Wildman–Crippen LogP) is 0.983. The van der Waals surface area contributed by atoms with Crippen molar-refractivity contribution in [2.75, 3.05) is 18.8 Å². The number of likely N-dealkylation sites (tertiary alicyclic amines) is 1. The zero-order valence-electron chi connectivity index (χ0n) is 25.8. The lowest BCUT2D eigenvalue weighted by Crippen LogP contribution is -2.52. The van der Waals surface area contributed by atoms with Crippen LogP contribution in [0.25, 0.3) is 0 Å². The Balaban J connectivity index is 2.16. The molecule has 0 saturated carbocycles. The van der Waals surface area contributed by atoms with Gasteiger partial charge in [0.1, 0.15) is 17.9 Å². The number of amides is 3. The Bertz CT molecular complexity index is 1210. The number of aliphatic carboxylic acids is 1. The normalized spacial score (nSPS) is 16.2. The molecule has 1 saturated heterocycles. The summed E-state index contributed by atoms with van der Waals surface area (Å²) in [6, 6.07) is 6.10. The molecule has 45 heavy (non-hydrogen) atoms. The molecule has 1 fully saturated rings. The summed E-state index contributed by atoms with van der Waals surface area (Å²) in [6.45, 7) is 2.36. The van der Waals surface area contributed by atoms with Crippen molar-refractivity contribution in [3.63, 3.8) is 0 Å². The van der Waals surface area contributed by atoms with Gasteiger partial charge in [-0.05, 0) is 44.1 Å². The molecule has 2 rings (SSSR count). The maximum atomic E-state index is 14.0. The second-order valence-electron chi connectivity index (χ2n) is 11.2. The van der Waals surface area contributed by atoms with Crippen molar-refractivity contribution in [1.29, 1.82) is 0 Å². The minimum atomic E-state index is -1.22. The number of thiol groups is 1. The number of rotatable bonds is 20. The van der Waals surface area contributed by atoms with Gasteiger partial charge in [0.05, 0.1) is 6.04 Å². The lowest BCUT2D eigenvalue weighted by atomic mass is 9.90. The fourth-order valence-electron chi connectivity index (χ4n) is 5.25. The van der Waals surface area contributed by atoms with E-state index in [4.69, 9.17) is 11.5 Å². The molecule has 0 spiro atoms. The first-order chi connectivity index (χ1) is 21.5. The molecule has 0 aromatic heterocycles. The number of hydrogen-bond acceptors (Lipinski definition) is 8. The van der Waals surface area contributed by atoms with Crippen LogP contribution in [0.5, 0.6) is 0 Å². The summed E-state index contributed by atoms with van der Waals surface area (Å²) in [6.07, 6.45) is 2.42. The van der Waals surface area contributed by atoms with Crippen LogP contribution in [-0.4, -0.2) is 88.2 Å². The molecule has 13 nitrogen and oxygen atoms in total. The Hall–Kier alpha value is -3.94. The Morgan fingerprint density at radius 1 is 1.04 bits per heavy atom. The number of carboxylic acid groups (broad SMARTS) is 1. The number of nitrogens with one attached hydrogen (secondary N) is 2. The summed E-state index contributed by atoms with van der Waals surface area (Å²) >= 11 is 4.24. The number of aliphatic imine (C=N–C) groups is 1. The first-order valence-corrected chi connectivity index (χ1v) is 16.0. The van der Waals surface area contributed by atoms with Gasteiger partial charge in [-0.15, -0.1) is 0 Å². The Morgan fingerprint density at radius 2 is 1.76 bits per heavy atom. The molecule has 1 aliphatic heterocycles. The zero-order chi connectivity index (χ0) is 33.4. The number of guanidine groups is 1. The minimum absolute atomic E-state index is 0.00817. The third-order valence-electron chi connectivity index (χ3n) is 7.59. The SMILES string of the molecule is CCCC(=O)CCC(=O)N[C@@H](CS)C(=O)C[C@@H](Cc1ccccc1)C(=O)N1CCC[C@H]1C(=O)N[C@@H](CCCN=C(N)N)C(=O)O. The van der Waals surface area contributed by atoms with Gasteiger partial charge >= 0.3 is 5.97 Å². The van der Waals surface area contributed by atoms with E-state index < -0.39 is 47.7 Å². The van der Waals surface area contributed by atoms with Gasteiger partial charge in [0.15, 0.2) is 11.7 Å². The fraction of sp³-hybridized carbons (Fsp3) is 0.581. The minimum Gasteiger partial charge on any atom is -0.480 e. The van der Waals surface area contributed by atoms with Crippen LogP contribution in [0.2, 0.25) is 0 Å². The fourth-order valence-corrected chi connectivity index (χ4v) is 5.54. The van der Waals surface area contributed by atoms with Gasteiger partial charge in [0, 0.05) is 50.4 Å². The first-order valence-electron chi connectivity index (χ1n) is 15.3. The molecule has 1 aromatic rings. The number of benzene rings is 1. The molecule has 3 amide bonds. The van der Waals surface area contributed by atoms with Crippen LogP contribution in [0.1, 0.15) is 70.3 Å². The summed E-state index contributed by atoms with van der Waals surface area (Å²) in [5.74, 6) is -4.01. The Kier molecular flexibility index (Phi) is 16.1. The second-order valence-corrected chi connectivity index (χ2v) is 11.6. The lowest BCUT2D eigenvalue weighted by molar-refractivity contribution is -0.145. The predicted molar refractivity (Wildman–Crippen MR) is 172 cm³/mol. The number of carbonyl (C=O) groups is 6. The zero-order valence-corrected chi connectivity index (χ0v) is 26.7. The van der Waals surface area contributed by atoms with Gasteiger partial charge in [-0.2, -0.15) is 12.6 Å². The highest BCUT2D eigenvalue weighted by Crippen LogP contribution is 2.25. The topological polar surface area (TPSA) is 214 Å². The van der Waals surface area contributed by atoms with E-state index >= 15 is 0 Å². The third-order valence-corrected chi connectivity index (χ3v) is 7.95. The highest BCUT2D eigenvalue weighted by molar-refractivity contribution is 7.80. The lowest BCUT2D eigenvalue weighted by Gasteiger charge is -2.29. The molecule has 14 heteroatoms. The number of carbonyl (C=O) groups excluding carboxylic acids is 5. The third kappa shape index (κ3) is 12.9. The van der Waals surface area contributed by atoms with Crippen LogP contribution < -0.4 is 22.1 Å². The van der Waals surface area contributed by atoms with Crippen LogP contribution in [-0.2, 0) is 35.2 Å². The van der Waals surface area contributed by atoms with Crippen molar-refractivity contribution in [3.05, 3.63) is 35.9 Å². The molecular weight excluding hydrogens is 600 g/mol. The van der Waals surface area contributed by atoms with E-state index in [2.05, 4.69) is 28.3 Å². The molecular formula is C31H46N6O7S. The van der Waals surface area contributed by atoms with Crippen LogP contribution in [0.3, 0.4) is 0 Å². The van der Waals surface area contributed by atoms with Crippen molar-refractivity contribution < 1.29 is 33.9 Å². The van der Waals surface area contributed by atoms with Crippen LogP contribution in [0, 0.1) is 5.92 Å². The molecule has 1 aliphatic rings. The van der Waals surface area contributed by atoms with Crippen molar-refractivity contribution in [1.82, 2.24) is 15.5 Å². The summed E-state index contributed by atoms with van der Waals surface area (Å²) in [5, 5.41) is 14.8. The van der Waals surface area contributed by atoms with Crippen molar-refractivity contribution in [2.24, 2.45) is 22.4 Å². The second kappa shape index (κ2) is 19.4. The number of nitrogens with two attached hydrogens (primary N) is 2. The standard InChI is InChI=1S/C31H46N6O7S/c1-2-8-22(38)13-14-27(40)35-24(19-45)26(39)18-21(17-20-9-4-3-5-10-20)29(42)37-16-7-12-25(37)28(41)36-23(30(43)44)11-6-15-34-31(32)33/h3-5,9-10,21,23-25,45H,2,6-8,11-19H2,1H3,(H,35,40)(H,36,41)(H,43,44)(H4,32,33,34)/t21-,23+,24+,25+/m1/s1. The number of nitrogens with zero attached hydrogens (tertiary/aromatic N) is 2. The Morgan fingerprint density at radius 3 is 2.38 bits per heavy atom. The molecule has 1 aromatic carbocycles. The summed E-state index contributed by atoms with van der Waals surface area (Å²) in [5.41, 5.74) is 11.4. The monoisotopic (exact) mass is 646 g/mol. The number of carboxylic acids is 1. The van der Waals surface area contributed by atoms with Crippen LogP contribution in [0.4, 0.5) is 0 Å². The summed E-state index contributed by atoms with van der Waals surface area (Å²) in [7, 11) is 0. The Labute approximate surface area is 269 Å². The highest BCUT2D eigenvalue weighted by atomic mass is 32.1. The highest BCUT2D eigenvalue weighted by Gasteiger charge is 2.39. The van der Waals surface area contributed by atoms with Gasteiger partial charge < -0.3 is 32.1 Å². The van der Waals surface area contributed by atoms with Crippen molar-refractivity contribution in [3.8, 4) is 0 Å². The number of ketones is 2. The molecule has 0 unspecified atom stereocenters. The van der Waals surface area contributed by atoms with E-state index in [1.165, 1.54) is 4.90 Å². The first kappa shape index (κ1) is 37.2. The smallest absolute Gasteiger partial charge is 0.326 e. The average Bonchev–Trinajstić information content (AvgIpc) is 3.50. The van der Waals surface area contributed by atoms with E-state index in [0.717, 1.165) is 5.56 Å². The molecule has 0 radical (unpaired) electrons. The van der Waals surface area contributed by atoms with E-state index in [9.17, 15) is 33.9 Å². The van der Waals surface area contributed by atoms with Crippen molar-refractivity contribution >= 4 is 53.8 Å². The number of hydrogen-bond donors (Lipinski definition) is 6. The van der Waals surface area contributed by atoms with Gasteiger partial charge in [-0.25, -0.2) is 4.79 Å². The summed E-state index contributed by atoms with van der Waals surface area (Å²) in [4.78, 5) is 82.0. The van der Waals surface area contributed by atoms with Crippen molar-refractivity contribution in [2.45, 2.75) is 89.3 Å². The van der Waals surface area contributed by atoms with Gasteiger partial charge in [-0.1, -0.05) is 37.3 Å². The van der Waals surface area contributed by atoms with Crippen LogP contribution in [0.15, 0.2) is 35.3 Å². The van der Waals surface area contributed by atoms with E-state index in [-0.39, 0.29) is 68.5 Å². The largest absolute Gasteiger partial charge is 0.480 e. The molecule has 1 heterocycles. The van der Waals surface area contributed by atoms with Gasteiger partial charge in [-0.3, -0.25) is 29.0 Å². The maximum absolute atomic E-state index is 14.0. The quantitative estimate of drug-likeness (QED) is 0.0515. The maximum Gasteiger partial charge on any atom is 0.326 e. The van der Waals surface area contributed by atoms with E-state index in [1.807, 2.05) is 37.3 Å². The average molecular weight is 647 g/mol. The number of Topliss-reactive ketones (excluding diaryl/α,β-unsaturated/α-hetero) is 2. The van der Waals surface area contributed by atoms with E-state index in [1.54, 1.807) is 0 Å².